The van der Waals surface area contributed by atoms with Gasteiger partial charge in [-0.3, -0.25) is 0 Å². The maximum absolute atomic E-state index is 8.49. The number of hydrogen-bond acceptors (Lipinski definition) is 0. The lowest BCUT2D eigenvalue weighted by Gasteiger charge is -2.20. The molecule has 0 heteroatoms. The van der Waals surface area contributed by atoms with Gasteiger partial charge in [-0.1, -0.05) is 51.1 Å². The van der Waals surface area contributed by atoms with Crippen LogP contribution < -0.4 is 0 Å². The van der Waals surface area contributed by atoms with Gasteiger partial charge in [0, 0.05) is 11.0 Å². The fourth-order valence-corrected chi connectivity index (χ4v) is 2.33. The first-order chi connectivity index (χ1) is 12.9. The summed E-state index contributed by atoms with van der Waals surface area (Å²) in [4.78, 5) is 0. The third kappa shape index (κ3) is 3.56. The Labute approximate surface area is 141 Å². The van der Waals surface area contributed by atoms with Crippen LogP contribution in [0.2, 0.25) is 0 Å². The summed E-state index contributed by atoms with van der Waals surface area (Å²) in [5.74, 6) is 0. The molecule has 0 saturated heterocycles. The van der Waals surface area contributed by atoms with E-state index in [1.165, 1.54) is 6.07 Å². The monoisotopic (exact) mass is 288 g/mol. The zero-order chi connectivity index (χ0) is 22.6. The molecule has 0 atom stereocenters. The predicted molar refractivity (Wildman–Crippen MR) is 94.0 cm³/mol. The molecule has 0 saturated carbocycles. The molecule has 0 N–H and O–H groups in total. The van der Waals surface area contributed by atoms with Crippen LogP contribution in [0.4, 0.5) is 0 Å². The second-order valence-electron chi connectivity index (χ2n) is 6.57. The first-order valence-electron chi connectivity index (χ1n) is 11.1. The van der Waals surface area contributed by atoms with E-state index in [1.54, 1.807) is 52.0 Å². The quantitative estimate of drug-likeness (QED) is 0.619. The van der Waals surface area contributed by atoms with Crippen LogP contribution in [0.1, 0.15) is 59.6 Å². The highest BCUT2D eigenvalue weighted by Crippen LogP contribution is 2.31. The minimum absolute atomic E-state index is 0.0446. The molecule has 0 unspecified atom stereocenters. The van der Waals surface area contributed by atoms with Crippen molar-refractivity contribution in [3.63, 3.8) is 0 Å². The average molecular weight is 289 g/mol. The Hall–Kier alpha value is -1.56. The van der Waals surface area contributed by atoms with Crippen molar-refractivity contribution < 1.29 is 11.0 Å². The molecule has 21 heavy (non-hydrogen) atoms. The largest absolute Gasteiger partial charge is 0.0599 e. The zero-order valence-corrected chi connectivity index (χ0v) is 13.4. The zero-order valence-electron chi connectivity index (χ0n) is 21.4. The highest BCUT2D eigenvalue weighted by atomic mass is 14.2. The molecule has 0 aliphatic carbocycles. The summed E-state index contributed by atoms with van der Waals surface area (Å²) >= 11 is 0. The predicted octanol–water partition coefficient (Wildman–Crippen LogP) is 6.18. The van der Waals surface area contributed by atoms with E-state index < -0.39 is 25.5 Å². The summed E-state index contributed by atoms with van der Waals surface area (Å²) in [5, 5.41) is 0. The number of benzene rings is 2. The van der Waals surface area contributed by atoms with E-state index in [1.807, 2.05) is 6.92 Å². The highest BCUT2D eigenvalue weighted by Gasteiger charge is 2.13. The smallest absolute Gasteiger partial charge is 0.0321 e. The Bertz CT molecular complexity index is 912. The van der Waals surface area contributed by atoms with E-state index in [2.05, 4.69) is 0 Å². The van der Waals surface area contributed by atoms with Gasteiger partial charge in [0.05, 0.1) is 0 Å². The Morgan fingerprint density at radius 1 is 0.905 bits per heavy atom. The van der Waals surface area contributed by atoms with Gasteiger partial charge < -0.3 is 0 Å². The lowest BCUT2D eigenvalue weighted by atomic mass is 9.86. The number of aryl methyl sites for hydroxylation is 2. The molecule has 0 amide bonds. The van der Waals surface area contributed by atoms with Crippen LogP contribution >= 0.6 is 0 Å². The van der Waals surface area contributed by atoms with E-state index in [-0.39, 0.29) is 16.7 Å². The van der Waals surface area contributed by atoms with Crippen LogP contribution in [0, 0.1) is 33.0 Å². The molecule has 0 bridgehead atoms. The van der Waals surface area contributed by atoms with Gasteiger partial charge in [-0.05, 0) is 78.3 Å². The molecule has 0 aliphatic heterocycles. The Morgan fingerprint density at radius 3 is 2.24 bits per heavy atom. The lowest BCUT2D eigenvalue weighted by Crippen LogP contribution is -2.09. The molecule has 0 aromatic heterocycles. The fraction of sp³-hybridized carbons (Fsp3) is 0.429. The van der Waals surface area contributed by atoms with Gasteiger partial charge in [0.15, 0.2) is 0 Å². The standard InChI is InChI=1S/C21H28/c1-14-8-10-20(17(4)16(14)3)19-11-9-18(12-15(19)2)13-21(5,6)7/h8-12H,13H2,1-7H3/i2D3,4D3,13D2. The van der Waals surface area contributed by atoms with Crippen LogP contribution in [-0.2, 0) is 6.37 Å². The molecule has 2 aromatic rings. The van der Waals surface area contributed by atoms with E-state index in [0.717, 1.165) is 5.56 Å². The first kappa shape index (κ1) is 8.17. The van der Waals surface area contributed by atoms with E-state index in [0.29, 0.717) is 16.7 Å². The van der Waals surface area contributed by atoms with Gasteiger partial charge in [0.1, 0.15) is 0 Å². The maximum Gasteiger partial charge on any atom is 0.0321 e. The summed E-state index contributed by atoms with van der Waals surface area (Å²) in [6, 6.07) is 7.90. The summed E-state index contributed by atoms with van der Waals surface area (Å²) in [6.45, 7) is 3.88. The molecular weight excluding hydrogens is 252 g/mol. The van der Waals surface area contributed by atoms with Crippen LogP contribution in [0.3, 0.4) is 0 Å². The third-order valence-corrected chi connectivity index (χ3v) is 3.56. The van der Waals surface area contributed by atoms with Gasteiger partial charge in [-0.2, -0.15) is 0 Å². The van der Waals surface area contributed by atoms with Crippen molar-refractivity contribution in [2.45, 2.75) is 54.7 Å². The third-order valence-electron chi connectivity index (χ3n) is 3.56. The molecule has 0 aliphatic rings. The van der Waals surface area contributed by atoms with Gasteiger partial charge in [-0.15, -0.1) is 0 Å². The van der Waals surface area contributed by atoms with Crippen LogP contribution in [-0.4, -0.2) is 0 Å². The Kier molecular flexibility index (Phi) is 2.21. The fourth-order valence-electron chi connectivity index (χ4n) is 2.33. The van der Waals surface area contributed by atoms with Gasteiger partial charge in [0.2, 0.25) is 0 Å². The van der Waals surface area contributed by atoms with Crippen molar-refractivity contribution in [1.29, 1.82) is 0 Å². The molecule has 0 nitrogen and oxygen atoms in total. The molecule has 0 radical (unpaired) electrons. The van der Waals surface area contributed by atoms with Gasteiger partial charge in [0.25, 0.3) is 0 Å². The summed E-state index contributed by atoms with van der Waals surface area (Å²) in [7, 11) is 0. The summed E-state index contributed by atoms with van der Waals surface area (Å²) in [5.41, 5.74) is 1.68. The van der Waals surface area contributed by atoms with Crippen molar-refractivity contribution in [3.05, 3.63) is 58.1 Å². The van der Waals surface area contributed by atoms with E-state index in [4.69, 9.17) is 11.0 Å². The molecule has 0 fully saturated rings. The summed E-state index contributed by atoms with van der Waals surface area (Å²) in [6.07, 6.45) is -1.76. The van der Waals surface area contributed by atoms with Crippen molar-refractivity contribution in [2.75, 3.05) is 0 Å². The molecule has 112 valence electrons. The second-order valence-corrected chi connectivity index (χ2v) is 6.57. The van der Waals surface area contributed by atoms with Gasteiger partial charge in [-0.25, -0.2) is 0 Å². The van der Waals surface area contributed by atoms with Crippen molar-refractivity contribution >= 4 is 0 Å². The van der Waals surface area contributed by atoms with Crippen molar-refractivity contribution in [3.8, 4) is 11.1 Å². The molecular formula is C21H28. The topological polar surface area (TPSA) is 0 Å². The van der Waals surface area contributed by atoms with Gasteiger partial charge >= 0.3 is 0 Å². The van der Waals surface area contributed by atoms with Crippen LogP contribution in [0.25, 0.3) is 11.1 Å². The Balaban J connectivity index is 2.88. The number of rotatable bonds is 2. The van der Waals surface area contributed by atoms with E-state index >= 15 is 0 Å². The Morgan fingerprint density at radius 2 is 1.62 bits per heavy atom. The molecule has 2 aromatic carbocycles. The van der Waals surface area contributed by atoms with Crippen LogP contribution in [0.15, 0.2) is 30.3 Å². The number of hydrogen-bond donors (Lipinski definition) is 0. The van der Waals surface area contributed by atoms with E-state index in [9.17, 15) is 0 Å². The maximum atomic E-state index is 8.49. The second kappa shape index (κ2) is 5.67. The molecule has 0 heterocycles. The SMILES string of the molecule is [2H]C([2H])([2H])c1cc(C([2H])([2H])C(C)(C)C)ccc1-c1ccc(C)c(C)c1C([2H])([2H])[2H]. The first-order valence-corrected chi connectivity index (χ1v) is 7.15. The van der Waals surface area contributed by atoms with Crippen LogP contribution in [0.5, 0.6) is 0 Å². The normalized spacial score (nSPS) is 19.3. The molecule has 0 spiro atoms. The van der Waals surface area contributed by atoms with Crippen molar-refractivity contribution in [1.82, 2.24) is 0 Å². The lowest BCUT2D eigenvalue weighted by molar-refractivity contribution is 0.411. The average Bonchev–Trinajstić information content (AvgIpc) is 2.53. The minimum atomic E-state index is -2.52. The van der Waals surface area contributed by atoms with Crippen molar-refractivity contribution in [2.24, 2.45) is 5.41 Å². The minimum Gasteiger partial charge on any atom is -0.0599 e. The summed E-state index contributed by atoms with van der Waals surface area (Å²) < 4.78 is 65.0. The molecule has 2 rings (SSSR count). The highest BCUT2D eigenvalue weighted by molar-refractivity contribution is 5.72.